The lowest BCUT2D eigenvalue weighted by molar-refractivity contribution is -0.0771. The van der Waals surface area contributed by atoms with Crippen LogP contribution in [0, 0.1) is 17.1 Å². The van der Waals surface area contributed by atoms with E-state index >= 15 is 0 Å². The van der Waals surface area contributed by atoms with Crippen molar-refractivity contribution >= 4 is 19.2 Å². The molecule has 2 aromatic heterocycles. The molecule has 1 saturated heterocycles. The number of rotatable bonds is 28. The van der Waals surface area contributed by atoms with Gasteiger partial charge in [-0.05, 0) is 55.2 Å². The molecular formula is C39H60FN6O7P. The van der Waals surface area contributed by atoms with E-state index in [2.05, 4.69) is 17.0 Å². The summed E-state index contributed by atoms with van der Waals surface area (Å²) >= 11 is 0. The van der Waals surface area contributed by atoms with Gasteiger partial charge in [0.25, 0.3) is 0 Å². The summed E-state index contributed by atoms with van der Waals surface area (Å²) in [6, 6.07) is 9.46. The van der Waals surface area contributed by atoms with Crippen LogP contribution in [0.4, 0.5) is 10.2 Å². The summed E-state index contributed by atoms with van der Waals surface area (Å²) in [5.41, 5.74) is 13.0. The fraction of sp³-hybridized carbons (Fsp3) is 0.667. The zero-order valence-corrected chi connectivity index (χ0v) is 32.7. The van der Waals surface area contributed by atoms with Crippen LogP contribution < -0.4 is 11.5 Å². The number of nitrogens with zero attached hydrogens (tertiary/aromatic N) is 4. The highest BCUT2D eigenvalue weighted by Crippen LogP contribution is 2.46. The first-order chi connectivity index (χ1) is 26.1. The molecule has 5 N–H and O–H groups in total. The van der Waals surface area contributed by atoms with Gasteiger partial charge in [0.1, 0.15) is 42.2 Å². The van der Waals surface area contributed by atoms with Crippen molar-refractivity contribution in [1.82, 2.24) is 14.6 Å². The maximum absolute atomic E-state index is 14.0. The van der Waals surface area contributed by atoms with Gasteiger partial charge in [-0.2, -0.15) is 10.4 Å². The van der Waals surface area contributed by atoms with Crippen LogP contribution >= 0.6 is 7.82 Å². The molecule has 4 atom stereocenters. The molecule has 1 fully saturated rings. The van der Waals surface area contributed by atoms with Crippen LogP contribution in [0.2, 0.25) is 0 Å². The van der Waals surface area contributed by atoms with Crippen molar-refractivity contribution in [2.24, 2.45) is 5.73 Å². The molecule has 54 heavy (non-hydrogen) atoms. The Morgan fingerprint density at radius 2 is 1.69 bits per heavy atom. The summed E-state index contributed by atoms with van der Waals surface area (Å²) in [5.74, 6) is -0.233. The highest BCUT2D eigenvalue weighted by Gasteiger charge is 2.41. The number of nitrogens with two attached hydrogens (primary N) is 2. The quantitative estimate of drug-likeness (QED) is 0.0472. The van der Waals surface area contributed by atoms with Gasteiger partial charge in [0.15, 0.2) is 5.82 Å². The molecule has 4 rings (SSSR count). The van der Waals surface area contributed by atoms with Crippen LogP contribution in [0.1, 0.15) is 139 Å². The molecule has 1 unspecified atom stereocenters. The van der Waals surface area contributed by atoms with E-state index in [4.69, 9.17) is 34.7 Å². The average Bonchev–Trinajstić information content (AvgIpc) is 3.77. The van der Waals surface area contributed by atoms with Crippen LogP contribution in [0.25, 0.3) is 5.52 Å². The Morgan fingerprint density at radius 3 is 2.35 bits per heavy atom. The maximum Gasteiger partial charge on any atom is 0.472 e. The van der Waals surface area contributed by atoms with Crippen molar-refractivity contribution in [3.05, 3.63) is 59.3 Å². The number of phosphoric ester groups is 1. The third kappa shape index (κ3) is 15.3. The summed E-state index contributed by atoms with van der Waals surface area (Å²) in [6.45, 7) is 2.01. The minimum atomic E-state index is -4.60. The van der Waals surface area contributed by atoms with Crippen LogP contribution in [-0.4, -0.2) is 57.7 Å². The van der Waals surface area contributed by atoms with E-state index in [0.29, 0.717) is 36.3 Å². The Morgan fingerprint density at radius 1 is 1.02 bits per heavy atom. The molecule has 15 heteroatoms. The lowest BCUT2D eigenvalue weighted by atomic mass is 10.0. The van der Waals surface area contributed by atoms with Gasteiger partial charge in [-0.1, -0.05) is 96.8 Å². The molecule has 1 aromatic carbocycles. The second-order valence-electron chi connectivity index (χ2n) is 14.4. The number of anilines is 1. The lowest BCUT2D eigenvalue weighted by Gasteiger charge is -2.26. The molecule has 0 amide bonds. The van der Waals surface area contributed by atoms with Gasteiger partial charge in [0.05, 0.1) is 37.1 Å². The Labute approximate surface area is 319 Å². The van der Waals surface area contributed by atoms with Crippen LogP contribution in [0.15, 0.2) is 36.7 Å². The molecule has 300 valence electrons. The first-order valence-corrected chi connectivity index (χ1v) is 21.2. The van der Waals surface area contributed by atoms with Gasteiger partial charge in [0, 0.05) is 6.61 Å². The third-order valence-corrected chi connectivity index (χ3v) is 10.6. The highest BCUT2D eigenvalue weighted by atomic mass is 31.2. The minimum absolute atomic E-state index is 0.0640. The first-order valence-electron chi connectivity index (χ1n) is 19.7. The molecule has 0 radical (unpaired) electrons. The number of hydrogen-bond acceptors (Lipinski definition) is 11. The van der Waals surface area contributed by atoms with Crippen molar-refractivity contribution in [3.8, 4) is 6.07 Å². The SMILES string of the molecule is CCCCCCCCCCCCCCCCCOC[C@H](COP(=O)(O)OC[C@]1(N)CC[C@H](c2ccc3c(N)ncnn23)O1)OCc1cc(F)cc(C#N)c1. The average molecular weight is 775 g/mol. The van der Waals surface area contributed by atoms with Crippen molar-refractivity contribution in [2.45, 2.75) is 141 Å². The van der Waals surface area contributed by atoms with E-state index in [0.717, 1.165) is 31.0 Å². The van der Waals surface area contributed by atoms with Crippen LogP contribution in [0.3, 0.4) is 0 Å². The van der Waals surface area contributed by atoms with Gasteiger partial charge in [-0.3, -0.25) is 9.05 Å². The van der Waals surface area contributed by atoms with E-state index in [1.807, 2.05) is 12.1 Å². The molecule has 0 saturated carbocycles. The van der Waals surface area contributed by atoms with Gasteiger partial charge in [0.2, 0.25) is 0 Å². The van der Waals surface area contributed by atoms with E-state index in [-0.39, 0.29) is 25.4 Å². The molecular weight excluding hydrogens is 714 g/mol. The Bertz CT molecular complexity index is 1640. The summed E-state index contributed by atoms with van der Waals surface area (Å²) in [6.07, 6.45) is 20.0. The minimum Gasteiger partial charge on any atom is -0.382 e. The Balaban J connectivity index is 1.16. The van der Waals surface area contributed by atoms with Crippen LogP contribution in [0.5, 0.6) is 0 Å². The van der Waals surface area contributed by atoms with E-state index in [1.54, 1.807) is 10.6 Å². The van der Waals surface area contributed by atoms with Crippen molar-refractivity contribution in [2.75, 3.05) is 32.2 Å². The zero-order chi connectivity index (χ0) is 38.7. The predicted molar refractivity (Wildman–Crippen MR) is 205 cm³/mol. The summed E-state index contributed by atoms with van der Waals surface area (Å²) in [5, 5.41) is 13.5. The third-order valence-electron chi connectivity index (χ3n) is 9.71. The monoisotopic (exact) mass is 774 g/mol. The summed E-state index contributed by atoms with van der Waals surface area (Å²) in [7, 11) is -4.60. The number of phosphoric acid groups is 1. The maximum atomic E-state index is 14.0. The molecule has 13 nitrogen and oxygen atoms in total. The second kappa shape index (κ2) is 23.2. The molecule has 0 aliphatic carbocycles. The first kappa shape index (κ1) is 43.7. The topological polar surface area (TPSA) is 189 Å². The smallest absolute Gasteiger partial charge is 0.382 e. The number of hydrogen-bond donors (Lipinski definition) is 3. The van der Waals surface area contributed by atoms with E-state index < -0.39 is 38.2 Å². The summed E-state index contributed by atoms with van der Waals surface area (Å²) < 4.78 is 57.1. The largest absolute Gasteiger partial charge is 0.472 e. The fourth-order valence-corrected chi connectivity index (χ4v) is 7.47. The molecule has 1 aliphatic rings. The number of halogens is 1. The zero-order valence-electron chi connectivity index (χ0n) is 31.8. The van der Waals surface area contributed by atoms with Gasteiger partial charge in [-0.25, -0.2) is 18.5 Å². The number of benzene rings is 1. The normalized spacial score (nSPS) is 18.9. The number of fused-ring (bicyclic) bond motifs is 1. The number of nitriles is 1. The lowest BCUT2D eigenvalue weighted by Crippen LogP contribution is -2.43. The van der Waals surface area contributed by atoms with Crippen molar-refractivity contribution < 1.29 is 37.1 Å². The molecule has 0 spiro atoms. The molecule has 3 heterocycles. The molecule has 3 aromatic rings. The second-order valence-corrected chi connectivity index (χ2v) is 15.8. The number of nitrogen functional groups attached to an aromatic ring is 1. The fourth-order valence-electron chi connectivity index (χ4n) is 6.66. The Kier molecular flexibility index (Phi) is 18.8. The van der Waals surface area contributed by atoms with Gasteiger partial charge >= 0.3 is 7.82 Å². The summed E-state index contributed by atoms with van der Waals surface area (Å²) in [4.78, 5) is 14.6. The standard InChI is InChI=1S/C39H60FN6O7P/c1-2-3-4-5-6-7-8-9-10-11-12-13-14-15-16-21-49-27-34(50-26-32-22-31(25-41)23-33(40)24-32)28-51-54(47,48)52-29-39(43)20-19-37(53-39)35-17-18-36-38(42)44-30-45-46(35)36/h17-18,22-24,30,34,37H,2-16,19-21,26-29,43H2,1H3,(H,47,48)(H2,42,44,45)/t34-,37-,39+/m1/s1. The highest BCUT2D eigenvalue weighted by molar-refractivity contribution is 7.47. The van der Waals surface area contributed by atoms with Gasteiger partial charge < -0.3 is 30.6 Å². The number of unbranched alkanes of at least 4 members (excludes halogenated alkanes) is 14. The van der Waals surface area contributed by atoms with Gasteiger partial charge in [-0.15, -0.1) is 0 Å². The molecule has 0 bridgehead atoms. The number of ether oxygens (including phenoxy) is 3. The Hall–Kier alpha value is -2.99. The predicted octanol–water partition coefficient (Wildman–Crippen LogP) is 8.44. The van der Waals surface area contributed by atoms with E-state index in [1.165, 1.54) is 95.5 Å². The molecule has 1 aliphatic heterocycles. The van der Waals surface area contributed by atoms with Crippen molar-refractivity contribution in [3.63, 3.8) is 0 Å². The number of aromatic nitrogens is 3. The van der Waals surface area contributed by atoms with E-state index in [9.17, 15) is 19.1 Å². The van der Waals surface area contributed by atoms with Crippen molar-refractivity contribution in [1.29, 1.82) is 5.26 Å². The van der Waals surface area contributed by atoms with Crippen LogP contribution in [-0.2, 0) is 34.4 Å².